The fourth-order valence-electron chi connectivity index (χ4n) is 3.77. The smallest absolute Gasteiger partial charge is 0.280 e. The molecule has 9 nitrogen and oxygen atoms in total. The molecule has 0 saturated carbocycles. The molecule has 0 aliphatic carbocycles. The van der Waals surface area contributed by atoms with Gasteiger partial charge in [0, 0.05) is 30.3 Å². The molecular weight excluding hydrogens is 466 g/mol. The number of aryl methyl sites for hydroxylation is 1. The molecule has 1 amide bonds. The molecule has 10 heteroatoms. The number of nitro benzene ring substituents is 1. The number of benzene rings is 3. The van der Waals surface area contributed by atoms with Crippen LogP contribution >= 0.6 is 11.3 Å². The van der Waals surface area contributed by atoms with Crippen LogP contribution in [0.25, 0.3) is 32.6 Å². The van der Waals surface area contributed by atoms with Crippen LogP contribution in [0.5, 0.6) is 0 Å². The van der Waals surface area contributed by atoms with Crippen molar-refractivity contribution in [1.82, 2.24) is 14.8 Å². The van der Waals surface area contributed by atoms with Gasteiger partial charge in [0.15, 0.2) is 5.13 Å². The van der Waals surface area contributed by atoms with E-state index in [2.05, 4.69) is 15.4 Å². The number of carbonyl (C=O) groups excluding carboxylic acids is 1. The first kappa shape index (κ1) is 22.1. The van der Waals surface area contributed by atoms with Crippen molar-refractivity contribution in [2.24, 2.45) is 7.05 Å². The van der Waals surface area contributed by atoms with Gasteiger partial charge in [-0.05, 0) is 11.6 Å². The van der Waals surface area contributed by atoms with E-state index >= 15 is 0 Å². The monoisotopic (exact) mass is 483 g/mol. The fraction of sp³-hybridized carbons (Fsp3) is 0.0400. The lowest BCUT2D eigenvalue weighted by Crippen LogP contribution is -2.31. The van der Waals surface area contributed by atoms with Crippen molar-refractivity contribution >= 4 is 38.3 Å². The van der Waals surface area contributed by atoms with Crippen molar-refractivity contribution in [2.75, 3.05) is 5.32 Å². The number of rotatable bonds is 5. The van der Waals surface area contributed by atoms with Crippen molar-refractivity contribution in [3.63, 3.8) is 0 Å². The summed E-state index contributed by atoms with van der Waals surface area (Å²) >= 11 is 1.09. The van der Waals surface area contributed by atoms with E-state index in [1.165, 1.54) is 25.2 Å². The summed E-state index contributed by atoms with van der Waals surface area (Å²) in [4.78, 5) is 41.7. The summed E-state index contributed by atoms with van der Waals surface area (Å²) < 4.78 is 1.69. The summed E-state index contributed by atoms with van der Waals surface area (Å²) in [5.41, 5.74) is 2.13. The Hall–Kier alpha value is -4.70. The molecule has 0 aliphatic heterocycles. The zero-order valence-corrected chi connectivity index (χ0v) is 19.2. The molecule has 172 valence electrons. The van der Waals surface area contributed by atoms with Crippen LogP contribution in [0.1, 0.15) is 10.4 Å². The van der Waals surface area contributed by atoms with Gasteiger partial charge in [0.25, 0.3) is 17.2 Å². The average Bonchev–Trinajstić information content (AvgIpc) is 3.27. The molecule has 35 heavy (non-hydrogen) atoms. The van der Waals surface area contributed by atoms with Gasteiger partial charge in [-0.15, -0.1) is 0 Å². The number of non-ortho nitro benzene ring substituents is 1. The third-order valence-corrected chi connectivity index (χ3v) is 6.32. The van der Waals surface area contributed by atoms with Crippen LogP contribution in [-0.2, 0) is 7.05 Å². The zero-order chi connectivity index (χ0) is 24.5. The number of nitrogens with zero attached hydrogens (tertiary/aromatic N) is 4. The summed E-state index contributed by atoms with van der Waals surface area (Å²) in [6.07, 6.45) is 0. The van der Waals surface area contributed by atoms with Crippen molar-refractivity contribution in [1.29, 1.82) is 0 Å². The average molecular weight is 484 g/mol. The Labute approximate surface area is 202 Å². The van der Waals surface area contributed by atoms with E-state index in [0.717, 1.165) is 21.6 Å². The second-order valence-electron chi connectivity index (χ2n) is 7.64. The summed E-state index contributed by atoms with van der Waals surface area (Å²) in [5.74, 6) is -0.641. The lowest BCUT2D eigenvalue weighted by atomic mass is 9.95. The van der Waals surface area contributed by atoms with Crippen molar-refractivity contribution in [3.05, 3.63) is 105 Å². The number of hydrogen-bond donors (Lipinski definition) is 1. The molecule has 0 aliphatic rings. The maximum Gasteiger partial charge on any atom is 0.280 e. The van der Waals surface area contributed by atoms with Crippen LogP contribution in [0, 0.1) is 10.1 Å². The number of anilines is 1. The third-order valence-electron chi connectivity index (χ3n) is 5.38. The van der Waals surface area contributed by atoms with Crippen LogP contribution in [0.15, 0.2) is 83.7 Å². The van der Waals surface area contributed by atoms with E-state index in [-0.39, 0.29) is 16.4 Å². The predicted octanol–water partition coefficient (Wildman–Crippen LogP) is 4.88. The second-order valence-corrected chi connectivity index (χ2v) is 8.67. The Kier molecular flexibility index (Phi) is 5.63. The molecule has 0 fully saturated rings. The number of carbonyl (C=O) groups is 1. The van der Waals surface area contributed by atoms with E-state index in [4.69, 9.17) is 0 Å². The number of nitro groups is 1. The molecule has 0 saturated heterocycles. The van der Waals surface area contributed by atoms with Crippen molar-refractivity contribution in [3.8, 4) is 22.4 Å². The molecule has 5 rings (SSSR count). The van der Waals surface area contributed by atoms with Gasteiger partial charge in [-0.3, -0.25) is 25.0 Å². The topological polar surface area (TPSA) is 120 Å². The summed E-state index contributed by atoms with van der Waals surface area (Å²) in [6, 6.07) is 22.7. The van der Waals surface area contributed by atoms with E-state index in [1.807, 2.05) is 60.7 Å². The number of hydrogen-bond acceptors (Lipinski definition) is 7. The van der Waals surface area contributed by atoms with Gasteiger partial charge in [0.1, 0.15) is 5.56 Å². The minimum absolute atomic E-state index is 0.0686. The largest absolute Gasteiger partial charge is 0.298 e. The minimum Gasteiger partial charge on any atom is -0.298 e. The number of aromatic nitrogens is 3. The predicted molar refractivity (Wildman–Crippen MR) is 135 cm³/mol. The highest BCUT2D eigenvalue weighted by Gasteiger charge is 2.25. The Morgan fingerprint density at radius 2 is 1.66 bits per heavy atom. The van der Waals surface area contributed by atoms with Gasteiger partial charge in [-0.25, -0.2) is 9.67 Å². The molecule has 0 spiro atoms. The van der Waals surface area contributed by atoms with E-state index in [1.54, 1.807) is 0 Å². The molecule has 0 atom stereocenters. The number of fused-ring (bicyclic) bond motifs is 1. The lowest BCUT2D eigenvalue weighted by molar-refractivity contribution is -0.384. The highest BCUT2D eigenvalue weighted by Crippen LogP contribution is 2.33. The maximum absolute atomic E-state index is 13.5. The normalized spacial score (nSPS) is 10.9. The van der Waals surface area contributed by atoms with Crippen LogP contribution < -0.4 is 10.9 Å². The second kappa shape index (κ2) is 8.92. The van der Waals surface area contributed by atoms with Crippen LogP contribution in [0.2, 0.25) is 0 Å². The van der Waals surface area contributed by atoms with Gasteiger partial charge in [0.05, 0.1) is 20.8 Å². The zero-order valence-electron chi connectivity index (χ0n) is 18.3. The number of amides is 1. The fourth-order valence-corrected chi connectivity index (χ4v) is 4.66. The van der Waals surface area contributed by atoms with Gasteiger partial charge >= 0.3 is 0 Å². The molecule has 0 unspecified atom stereocenters. The minimum atomic E-state index is -0.641. The Balaban J connectivity index is 1.65. The Bertz CT molecular complexity index is 1650. The molecular formula is C25H17N5O4S. The van der Waals surface area contributed by atoms with E-state index < -0.39 is 16.4 Å². The van der Waals surface area contributed by atoms with Crippen LogP contribution in [0.3, 0.4) is 0 Å². The maximum atomic E-state index is 13.5. The Morgan fingerprint density at radius 1 is 1.00 bits per heavy atom. The summed E-state index contributed by atoms with van der Waals surface area (Å²) in [6.45, 7) is 0. The number of thiazole rings is 1. The molecule has 3 aromatic carbocycles. The first-order chi connectivity index (χ1) is 16.9. The highest BCUT2D eigenvalue weighted by molar-refractivity contribution is 7.22. The molecule has 0 bridgehead atoms. The third kappa shape index (κ3) is 4.18. The summed E-state index contributed by atoms with van der Waals surface area (Å²) in [5, 5.41) is 18.5. The summed E-state index contributed by atoms with van der Waals surface area (Å²) in [7, 11) is 1.50. The Morgan fingerprint density at radius 3 is 2.31 bits per heavy atom. The van der Waals surface area contributed by atoms with E-state index in [9.17, 15) is 19.7 Å². The first-order valence-corrected chi connectivity index (χ1v) is 11.3. The van der Waals surface area contributed by atoms with Gasteiger partial charge in [-0.1, -0.05) is 72.0 Å². The molecule has 5 aromatic rings. The lowest BCUT2D eigenvalue weighted by Gasteiger charge is -2.15. The van der Waals surface area contributed by atoms with Crippen molar-refractivity contribution < 1.29 is 9.72 Å². The van der Waals surface area contributed by atoms with Crippen molar-refractivity contribution in [2.45, 2.75) is 0 Å². The first-order valence-electron chi connectivity index (χ1n) is 10.5. The van der Waals surface area contributed by atoms with Gasteiger partial charge < -0.3 is 0 Å². The van der Waals surface area contributed by atoms with Gasteiger partial charge in [0.2, 0.25) is 0 Å². The molecule has 2 heterocycles. The van der Waals surface area contributed by atoms with Crippen LogP contribution in [0.4, 0.5) is 10.8 Å². The molecule has 2 aromatic heterocycles. The van der Waals surface area contributed by atoms with Crippen LogP contribution in [-0.4, -0.2) is 25.6 Å². The molecule has 0 radical (unpaired) electrons. The number of nitrogens with one attached hydrogen (secondary N) is 1. The van der Waals surface area contributed by atoms with E-state index in [0.29, 0.717) is 27.0 Å². The SMILES string of the molecule is Cn1nc(-c2ccccc2)c(-c2ccccc2)c(C(=O)Nc2nc3ccc([N+](=O)[O-])cc3s2)c1=O. The molecule has 1 N–H and O–H groups in total. The van der Waals surface area contributed by atoms with Gasteiger partial charge in [-0.2, -0.15) is 5.10 Å². The quantitative estimate of drug-likeness (QED) is 0.281. The highest BCUT2D eigenvalue weighted by atomic mass is 32.1. The standard InChI is InChI=1S/C25H17N5O4S/c1-29-24(32)21(23(31)27-25-26-18-13-12-17(30(33)34)14-19(18)35-25)20(15-8-4-2-5-9-15)22(28-29)16-10-6-3-7-11-16/h2-14H,1H3,(H,26,27,31).